The number of amides is 2. The maximum Gasteiger partial charge on any atom is 0.411 e. The number of rotatable bonds is 2. The van der Waals surface area contributed by atoms with Gasteiger partial charge in [-0.05, 0) is 56.0 Å². The van der Waals surface area contributed by atoms with Gasteiger partial charge in [-0.3, -0.25) is 9.69 Å². The quantitative estimate of drug-likeness (QED) is 0.645. The molecule has 7 heteroatoms. The van der Waals surface area contributed by atoms with Crippen molar-refractivity contribution in [2.24, 2.45) is 0 Å². The molecule has 0 spiro atoms. The Bertz CT molecular complexity index is 1060. The van der Waals surface area contributed by atoms with Crippen LogP contribution in [0.15, 0.2) is 48.5 Å². The molecule has 0 bridgehead atoms. The highest BCUT2D eigenvalue weighted by Crippen LogP contribution is 2.41. The van der Waals surface area contributed by atoms with E-state index in [1.165, 1.54) is 17.7 Å². The minimum absolute atomic E-state index is 0.0288. The van der Waals surface area contributed by atoms with Crippen molar-refractivity contribution in [3.05, 3.63) is 71.0 Å². The summed E-state index contributed by atoms with van der Waals surface area (Å²) in [6.07, 6.45) is 0.233. The standard InChI is InChI=1S/C26H29FN2O4/c1-26(2,3)33-25(31)29-20-14-22(32-15-21(20)29)24(30)28-13-12-16-6-4-5-7-19(16)23(28)17-8-10-18(27)11-9-17/h4-11,20-23H,12-15H2,1-3H3/t20?,21?,22-,23+,29?/m1/s1. The third kappa shape index (κ3) is 4.22. The summed E-state index contributed by atoms with van der Waals surface area (Å²) in [4.78, 5) is 29.7. The Morgan fingerprint density at radius 3 is 2.52 bits per heavy atom. The number of ether oxygens (including phenoxy) is 2. The Kier molecular flexibility index (Phi) is 5.40. The van der Waals surface area contributed by atoms with E-state index in [0.717, 1.165) is 17.5 Å². The smallest absolute Gasteiger partial charge is 0.411 e. The SMILES string of the molecule is CC(C)(C)OC(=O)N1C2CO[C@@H](C(=O)N3CCc4ccccc4[C@@H]3c3ccc(F)cc3)CC21. The number of benzene rings is 2. The second-order valence-electron chi connectivity index (χ2n) is 10.0. The van der Waals surface area contributed by atoms with E-state index < -0.39 is 11.7 Å². The monoisotopic (exact) mass is 452 g/mol. The maximum atomic E-state index is 13.7. The van der Waals surface area contributed by atoms with Crippen LogP contribution in [0, 0.1) is 5.82 Å². The molecular weight excluding hydrogens is 423 g/mol. The first-order chi connectivity index (χ1) is 15.7. The highest BCUT2D eigenvalue weighted by Gasteiger charge is 2.57. The van der Waals surface area contributed by atoms with E-state index in [9.17, 15) is 14.0 Å². The van der Waals surface area contributed by atoms with Crippen molar-refractivity contribution in [3.63, 3.8) is 0 Å². The molecule has 3 aliphatic rings. The van der Waals surface area contributed by atoms with Gasteiger partial charge in [0.15, 0.2) is 0 Å². The van der Waals surface area contributed by atoms with E-state index in [1.54, 1.807) is 17.0 Å². The van der Waals surface area contributed by atoms with E-state index in [2.05, 4.69) is 6.07 Å². The van der Waals surface area contributed by atoms with Gasteiger partial charge in [0.2, 0.25) is 0 Å². The maximum absolute atomic E-state index is 13.7. The van der Waals surface area contributed by atoms with Crippen LogP contribution in [0.3, 0.4) is 0 Å². The summed E-state index contributed by atoms with van der Waals surface area (Å²) >= 11 is 0. The predicted molar refractivity (Wildman–Crippen MR) is 120 cm³/mol. The van der Waals surface area contributed by atoms with Crippen molar-refractivity contribution in [1.82, 2.24) is 9.80 Å². The van der Waals surface area contributed by atoms with E-state index in [4.69, 9.17) is 9.47 Å². The Hall–Kier alpha value is -2.93. The molecule has 3 aliphatic heterocycles. The van der Waals surface area contributed by atoms with Gasteiger partial charge in [-0.15, -0.1) is 0 Å². The molecule has 2 aromatic carbocycles. The van der Waals surface area contributed by atoms with Gasteiger partial charge in [-0.1, -0.05) is 36.4 Å². The van der Waals surface area contributed by atoms with Crippen LogP contribution >= 0.6 is 0 Å². The van der Waals surface area contributed by atoms with Crippen LogP contribution in [0.1, 0.15) is 49.9 Å². The fraction of sp³-hybridized carbons (Fsp3) is 0.462. The van der Waals surface area contributed by atoms with Gasteiger partial charge in [-0.25, -0.2) is 9.18 Å². The predicted octanol–water partition coefficient (Wildman–Crippen LogP) is 4.08. The van der Waals surface area contributed by atoms with Gasteiger partial charge < -0.3 is 14.4 Å². The first kappa shape index (κ1) is 21.9. The molecule has 2 saturated heterocycles. The Morgan fingerprint density at radius 1 is 1.06 bits per heavy atom. The van der Waals surface area contributed by atoms with Crippen molar-refractivity contribution in [1.29, 1.82) is 0 Å². The van der Waals surface area contributed by atoms with Gasteiger partial charge in [-0.2, -0.15) is 0 Å². The molecule has 6 nitrogen and oxygen atoms in total. The molecule has 0 radical (unpaired) electrons. The van der Waals surface area contributed by atoms with Gasteiger partial charge in [0.1, 0.15) is 17.5 Å². The van der Waals surface area contributed by atoms with Crippen LogP contribution in [0.5, 0.6) is 0 Å². The summed E-state index contributed by atoms with van der Waals surface area (Å²) in [6.45, 7) is 6.40. The van der Waals surface area contributed by atoms with Gasteiger partial charge in [0.05, 0.1) is 24.7 Å². The number of nitrogens with zero attached hydrogens (tertiary/aromatic N) is 2. The minimum Gasteiger partial charge on any atom is -0.444 e. The zero-order chi connectivity index (χ0) is 23.3. The van der Waals surface area contributed by atoms with Crippen molar-refractivity contribution >= 4 is 12.0 Å². The summed E-state index contributed by atoms with van der Waals surface area (Å²) in [5, 5.41) is 0. The average molecular weight is 453 g/mol. The normalized spacial score (nSPS) is 26.3. The molecule has 33 heavy (non-hydrogen) atoms. The molecular formula is C26H29FN2O4. The van der Waals surface area contributed by atoms with Crippen LogP contribution in [0.4, 0.5) is 9.18 Å². The first-order valence-electron chi connectivity index (χ1n) is 11.5. The molecule has 0 aromatic heterocycles. The Morgan fingerprint density at radius 2 is 1.79 bits per heavy atom. The molecule has 5 rings (SSSR count). The van der Waals surface area contributed by atoms with Crippen molar-refractivity contribution in [2.45, 2.75) is 63.4 Å². The third-order valence-corrected chi connectivity index (χ3v) is 6.62. The topological polar surface area (TPSA) is 58.9 Å². The Balaban J connectivity index is 1.36. The van der Waals surface area contributed by atoms with Crippen LogP contribution in [-0.4, -0.2) is 58.7 Å². The highest BCUT2D eigenvalue weighted by atomic mass is 19.1. The average Bonchev–Trinajstić information content (AvgIpc) is 3.51. The third-order valence-electron chi connectivity index (χ3n) is 6.62. The van der Waals surface area contributed by atoms with Crippen LogP contribution in [0.25, 0.3) is 0 Å². The number of carbonyl (C=O) groups is 2. The van der Waals surface area contributed by atoms with Crippen molar-refractivity contribution < 1.29 is 23.5 Å². The summed E-state index contributed by atoms with van der Waals surface area (Å²) in [5.41, 5.74) is 2.55. The first-order valence-corrected chi connectivity index (χ1v) is 11.5. The lowest BCUT2D eigenvalue weighted by atomic mass is 9.87. The van der Waals surface area contributed by atoms with Gasteiger partial charge in [0, 0.05) is 13.0 Å². The summed E-state index contributed by atoms with van der Waals surface area (Å²) in [5.74, 6) is -0.397. The molecule has 2 fully saturated rings. The lowest BCUT2D eigenvalue weighted by molar-refractivity contribution is -0.147. The molecule has 2 unspecified atom stereocenters. The lowest BCUT2D eigenvalue weighted by Crippen LogP contribution is -2.48. The van der Waals surface area contributed by atoms with Crippen LogP contribution < -0.4 is 0 Å². The number of halogens is 1. The number of carbonyl (C=O) groups excluding carboxylic acids is 2. The fourth-order valence-electron chi connectivity index (χ4n) is 5.05. The Labute approximate surface area is 193 Å². The molecule has 4 atom stereocenters. The van der Waals surface area contributed by atoms with Crippen molar-refractivity contribution in [3.8, 4) is 0 Å². The molecule has 0 aliphatic carbocycles. The summed E-state index contributed by atoms with van der Waals surface area (Å²) in [7, 11) is 0. The second-order valence-corrected chi connectivity index (χ2v) is 10.0. The van der Waals surface area contributed by atoms with E-state index in [0.29, 0.717) is 19.6 Å². The van der Waals surface area contributed by atoms with E-state index >= 15 is 0 Å². The second kappa shape index (κ2) is 8.13. The minimum atomic E-state index is -0.619. The zero-order valence-electron chi connectivity index (χ0n) is 19.2. The zero-order valence-corrected chi connectivity index (χ0v) is 19.2. The van der Waals surface area contributed by atoms with Gasteiger partial charge in [0.25, 0.3) is 5.91 Å². The summed E-state index contributed by atoms with van der Waals surface area (Å²) < 4.78 is 25.0. The molecule has 3 heterocycles. The number of hydrogen-bond donors (Lipinski definition) is 0. The van der Waals surface area contributed by atoms with Gasteiger partial charge >= 0.3 is 6.09 Å². The number of hydrogen-bond acceptors (Lipinski definition) is 4. The molecule has 0 N–H and O–H groups in total. The lowest BCUT2D eigenvalue weighted by Gasteiger charge is -2.39. The fourth-order valence-corrected chi connectivity index (χ4v) is 5.05. The number of fused-ring (bicyclic) bond motifs is 2. The molecule has 2 amide bonds. The van der Waals surface area contributed by atoms with Crippen LogP contribution in [0.2, 0.25) is 0 Å². The molecule has 174 valence electrons. The highest BCUT2D eigenvalue weighted by molar-refractivity contribution is 5.83. The van der Waals surface area contributed by atoms with Crippen LogP contribution in [-0.2, 0) is 20.7 Å². The van der Waals surface area contributed by atoms with E-state index in [1.807, 2.05) is 43.9 Å². The van der Waals surface area contributed by atoms with E-state index in [-0.39, 0.29) is 35.9 Å². The molecule has 0 saturated carbocycles. The molecule has 2 aromatic rings. The summed E-state index contributed by atoms with van der Waals surface area (Å²) in [6, 6.07) is 14.1. The largest absolute Gasteiger partial charge is 0.444 e. The van der Waals surface area contributed by atoms with Crippen molar-refractivity contribution in [2.75, 3.05) is 13.2 Å².